The minimum Gasteiger partial charge on any atom is -0.120 e. The second-order valence-electron chi connectivity index (χ2n) is 4.27. The van der Waals surface area contributed by atoms with Gasteiger partial charge in [-0.1, -0.05) is 91.1 Å². The molecule has 0 fully saturated rings. The molecule has 0 aliphatic carbocycles. The van der Waals surface area contributed by atoms with Crippen molar-refractivity contribution in [2.45, 2.75) is 20.3 Å². The smallest absolute Gasteiger partial charge is 0.120 e. The number of hydrogen-bond acceptors (Lipinski definition) is 0. The molecule has 1 aromatic carbocycles. The van der Waals surface area contributed by atoms with Crippen LogP contribution in [-0.2, 0) is 12.6 Å². The molecule has 1 rings (SSSR count). The maximum atomic E-state index is 4.99. The summed E-state index contributed by atoms with van der Waals surface area (Å²) < 4.78 is 0. The van der Waals surface area contributed by atoms with Crippen LogP contribution in [-0.4, -0.2) is 5.75 Å². The number of hydrogen-bond donors (Lipinski definition) is 0. The molecule has 0 atom stereocenters. The monoisotopic (exact) mass is 325 g/mol. The molecule has 0 N–H and O–H groups in total. The third-order valence-corrected chi connectivity index (χ3v) is 2.46. The molecule has 23 heavy (non-hydrogen) atoms. The quantitative estimate of drug-likeness (QED) is 0.384. The molecule has 0 saturated heterocycles. The molecule has 122 valence electrons. The Kier molecular flexibility index (Phi) is 22.2. The first kappa shape index (κ1) is 23.1. The molecule has 0 amide bonds. The Balaban J connectivity index is 0. The fraction of sp³-hybridized carbons (Fsp3) is 0.182. The lowest BCUT2D eigenvalue weighted by molar-refractivity contribution is 1.47. The normalized spacial score (nSPS) is 10.2. The van der Waals surface area contributed by atoms with Gasteiger partial charge in [0.25, 0.3) is 0 Å². The van der Waals surface area contributed by atoms with Crippen molar-refractivity contribution >= 4 is 12.6 Å². The van der Waals surface area contributed by atoms with Gasteiger partial charge in [-0.2, -0.15) is 0 Å². The zero-order valence-corrected chi connectivity index (χ0v) is 15.3. The first-order valence-electron chi connectivity index (χ1n) is 7.54. The Hall–Kier alpha value is -2.17. The lowest BCUT2D eigenvalue weighted by atomic mass is 10.2. The third kappa shape index (κ3) is 25.2. The van der Waals surface area contributed by atoms with Crippen molar-refractivity contribution in [2.75, 3.05) is 5.75 Å². The van der Waals surface area contributed by atoms with Gasteiger partial charge in [0.2, 0.25) is 0 Å². The molecule has 1 heteroatoms. The number of aryl methyl sites for hydroxylation is 1. The van der Waals surface area contributed by atoms with Crippen LogP contribution in [0, 0.1) is 19.3 Å². The van der Waals surface area contributed by atoms with Gasteiger partial charge in [0, 0.05) is 6.42 Å². The number of benzene rings is 1. The summed E-state index contributed by atoms with van der Waals surface area (Å²) in [5, 5.41) is 0. The molecule has 0 spiro atoms. The zero-order chi connectivity index (χ0) is 17.6. The maximum absolute atomic E-state index is 4.99. The van der Waals surface area contributed by atoms with E-state index < -0.39 is 0 Å². The van der Waals surface area contributed by atoms with E-state index in [2.05, 4.69) is 44.2 Å². The van der Waals surface area contributed by atoms with Crippen LogP contribution in [0.15, 0.2) is 91.6 Å². The van der Waals surface area contributed by atoms with Gasteiger partial charge in [-0.05, 0) is 32.6 Å². The zero-order valence-electron chi connectivity index (χ0n) is 14.3. The van der Waals surface area contributed by atoms with E-state index in [1.54, 1.807) is 6.08 Å². The van der Waals surface area contributed by atoms with Crippen LogP contribution in [0.25, 0.3) is 0 Å². The van der Waals surface area contributed by atoms with Crippen LogP contribution >= 0.6 is 0 Å². The van der Waals surface area contributed by atoms with Gasteiger partial charge in [-0.3, -0.25) is 0 Å². The average Bonchev–Trinajstić information content (AvgIpc) is 2.58. The summed E-state index contributed by atoms with van der Waals surface area (Å²) >= 11 is 3.30. The molecular formula is C22H29S+. The lowest BCUT2D eigenvalue weighted by Gasteiger charge is -1.82. The summed E-state index contributed by atoms with van der Waals surface area (Å²) in [5.41, 5.74) is 1.32. The van der Waals surface area contributed by atoms with Crippen LogP contribution in [0.4, 0.5) is 0 Å². The predicted octanol–water partition coefficient (Wildman–Crippen LogP) is 5.43. The first-order valence-corrected chi connectivity index (χ1v) is 8.25. The summed E-state index contributed by atoms with van der Waals surface area (Å²) in [6, 6.07) is 10.3. The van der Waals surface area contributed by atoms with Crippen LogP contribution in [0.3, 0.4) is 0 Å². The van der Waals surface area contributed by atoms with Crippen molar-refractivity contribution in [1.29, 1.82) is 0 Å². The van der Waals surface area contributed by atoms with E-state index in [-0.39, 0.29) is 0 Å². The fourth-order valence-corrected chi connectivity index (χ4v) is 1.29. The molecular weight excluding hydrogens is 296 g/mol. The van der Waals surface area contributed by atoms with Gasteiger partial charge in [0.15, 0.2) is 0 Å². The first-order chi connectivity index (χ1) is 11.2. The maximum Gasteiger partial charge on any atom is 0.122 e. The highest BCUT2D eigenvalue weighted by Crippen LogP contribution is 1.92. The minimum absolute atomic E-state index is 0.727. The van der Waals surface area contributed by atoms with Crippen LogP contribution in [0.2, 0.25) is 0 Å². The summed E-state index contributed by atoms with van der Waals surface area (Å²) in [4.78, 5) is 0. The van der Waals surface area contributed by atoms with E-state index in [1.165, 1.54) is 5.56 Å². The average molecular weight is 326 g/mol. The Morgan fingerprint density at radius 3 is 2.13 bits per heavy atom. The fourth-order valence-electron chi connectivity index (χ4n) is 1.15. The van der Waals surface area contributed by atoms with Gasteiger partial charge < -0.3 is 0 Å². The molecule has 0 heterocycles. The van der Waals surface area contributed by atoms with Crippen LogP contribution in [0.1, 0.15) is 18.9 Å². The molecule has 0 nitrogen and oxygen atoms in total. The van der Waals surface area contributed by atoms with Crippen LogP contribution in [0.5, 0.6) is 0 Å². The summed E-state index contributed by atoms with van der Waals surface area (Å²) in [5.74, 6) is 3.41. The molecule has 0 aromatic heterocycles. The van der Waals surface area contributed by atoms with Gasteiger partial charge in [0.1, 0.15) is 5.75 Å². The van der Waals surface area contributed by atoms with Crippen molar-refractivity contribution in [2.24, 2.45) is 0 Å². The van der Waals surface area contributed by atoms with E-state index >= 15 is 0 Å². The van der Waals surface area contributed by atoms with Gasteiger partial charge in [0.05, 0.1) is 0 Å². The molecule has 1 aromatic rings. The lowest BCUT2D eigenvalue weighted by Crippen LogP contribution is -1.62. The van der Waals surface area contributed by atoms with E-state index in [0.29, 0.717) is 0 Å². The highest BCUT2D eigenvalue weighted by molar-refractivity contribution is 7.58. The van der Waals surface area contributed by atoms with Crippen molar-refractivity contribution in [1.82, 2.24) is 0 Å². The minimum atomic E-state index is 0.727. The highest BCUT2D eigenvalue weighted by Gasteiger charge is 1.72. The van der Waals surface area contributed by atoms with Crippen LogP contribution < -0.4 is 0 Å². The van der Waals surface area contributed by atoms with E-state index in [9.17, 15) is 0 Å². The molecule has 0 aliphatic heterocycles. The standard InChI is InChI=1S/C8H10.C7H10S.C7H8/c1-3-5-7-8-6-4-2;1-2-3-4-5-6-7-8;1-7-5-3-2-4-6-7/h1,4,6-8H,5H2,2H3;2-6,8H,1,7H2;2-6H,1H3/p+1/b6-4-,8-7-;4-3-,6-5-;. The van der Waals surface area contributed by atoms with E-state index in [0.717, 1.165) is 12.2 Å². The second-order valence-corrected chi connectivity index (χ2v) is 4.68. The molecule has 0 unspecified atom stereocenters. The molecule has 0 aliphatic rings. The van der Waals surface area contributed by atoms with E-state index in [4.69, 9.17) is 6.42 Å². The highest BCUT2D eigenvalue weighted by atomic mass is 32.1. The van der Waals surface area contributed by atoms with Gasteiger partial charge in [-0.25, -0.2) is 0 Å². The Labute approximate surface area is 148 Å². The SMILES string of the molecule is C#CC/C=C\C=C/C.C=C/C=C\C=C/C[SH2+].Cc1ccccc1. The topological polar surface area (TPSA) is 0 Å². The Morgan fingerprint density at radius 1 is 1.04 bits per heavy atom. The third-order valence-electron chi connectivity index (χ3n) is 2.23. The number of allylic oxidation sites excluding steroid dienone is 8. The van der Waals surface area contributed by atoms with Crippen molar-refractivity contribution < 1.29 is 0 Å². The van der Waals surface area contributed by atoms with E-state index in [1.807, 2.05) is 73.7 Å². The van der Waals surface area contributed by atoms with Crippen molar-refractivity contribution in [3.05, 3.63) is 97.2 Å². The second kappa shape index (κ2) is 22.1. The molecule has 0 saturated carbocycles. The number of terminal acetylenes is 1. The summed E-state index contributed by atoms with van der Waals surface area (Å²) in [6.45, 7) is 7.58. The Bertz CT molecular complexity index is 511. The predicted molar refractivity (Wildman–Crippen MR) is 112 cm³/mol. The number of rotatable bonds is 5. The van der Waals surface area contributed by atoms with Crippen molar-refractivity contribution in [3.8, 4) is 12.3 Å². The summed E-state index contributed by atoms with van der Waals surface area (Å²) in [6.07, 6.45) is 23.1. The molecule has 0 radical (unpaired) electrons. The Morgan fingerprint density at radius 2 is 1.70 bits per heavy atom. The van der Waals surface area contributed by atoms with Gasteiger partial charge >= 0.3 is 0 Å². The van der Waals surface area contributed by atoms with Gasteiger partial charge in [-0.15, -0.1) is 12.3 Å². The van der Waals surface area contributed by atoms with Crippen molar-refractivity contribution in [3.63, 3.8) is 0 Å². The largest absolute Gasteiger partial charge is 0.122 e. The summed E-state index contributed by atoms with van der Waals surface area (Å²) in [7, 11) is 0. The molecule has 0 bridgehead atoms.